The van der Waals surface area contributed by atoms with Crippen molar-refractivity contribution < 1.29 is 0 Å². The molecule has 13 rings (SSSR count). The van der Waals surface area contributed by atoms with Crippen molar-refractivity contribution in [3.63, 3.8) is 0 Å². The molecule has 0 fully saturated rings. The molecule has 1 heterocycles. The Morgan fingerprint density at radius 3 is 1.67 bits per heavy atom. The van der Waals surface area contributed by atoms with Gasteiger partial charge in [0.2, 0.25) is 0 Å². The normalized spacial score (nSPS) is 14.7. The molecule has 1 atom stereocenters. The predicted molar refractivity (Wildman–Crippen MR) is 284 cm³/mol. The highest BCUT2D eigenvalue weighted by Crippen LogP contribution is 2.58. The quantitative estimate of drug-likeness (QED) is 0.170. The molecule has 0 N–H and O–H groups in total. The molecule has 0 bridgehead atoms. The lowest BCUT2D eigenvalue weighted by Gasteiger charge is -2.34. The van der Waals surface area contributed by atoms with Crippen LogP contribution in [0.4, 0.5) is 11.4 Å². The average molecular weight is 860 g/mol. The Balaban J connectivity index is 0.000000182. The standard InChI is InChI=1S/C44H33N.2C11H10/c1-30-13-12-14-31(27-30)32-23-25-38-37-20-9-11-22-42(37)45(43(38)28-32)35-24-26-41-39(29-35)36-19-8-10-21-40(36)44(41,33-15-4-2-5-16-33)34-17-6-3-7-18-34;2*1-9-5-4-7-10-6-2-3-8-11(9)10/h2-19,21-29,37H,20H2,1H3;2*2-8H,1H3. The molecule has 0 saturated heterocycles. The van der Waals surface area contributed by atoms with Gasteiger partial charge in [0.05, 0.1) is 11.1 Å². The molecule has 2 aliphatic carbocycles. The molecule has 0 amide bonds. The second-order valence-corrected chi connectivity index (χ2v) is 18.1. The summed E-state index contributed by atoms with van der Waals surface area (Å²) in [5.74, 6) is 0.366. The summed E-state index contributed by atoms with van der Waals surface area (Å²) in [5.41, 5.74) is 19.3. The van der Waals surface area contributed by atoms with Crippen LogP contribution in [0.2, 0.25) is 0 Å². The maximum Gasteiger partial charge on any atom is 0.0713 e. The van der Waals surface area contributed by atoms with E-state index in [4.69, 9.17) is 0 Å². The number of nitrogens with zero attached hydrogens (tertiary/aromatic N) is 1. The van der Waals surface area contributed by atoms with Gasteiger partial charge in [-0.3, -0.25) is 0 Å². The first-order valence-electron chi connectivity index (χ1n) is 23.6. The van der Waals surface area contributed by atoms with Crippen molar-refractivity contribution in [2.75, 3.05) is 4.90 Å². The molecule has 10 aromatic carbocycles. The van der Waals surface area contributed by atoms with Crippen molar-refractivity contribution in [3.8, 4) is 22.3 Å². The van der Waals surface area contributed by atoms with Crippen LogP contribution in [-0.2, 0) is 5.41 Å². The van der Waals surface area contributed by atoms with Crippen molar-refractivity contribution in [2.24, 2.45) is 0 Å². The van der Waals surface area contributed by atoms with Crippen LogP contribution in [0.5, 0.6) is 0 Å². The molecule has 1 aliphatic heterocycles. The van der Waals surface area contributed by atoms with Crippen LogP contribution in [-0.4, -0.2) is 0 Å². The molecule has 0 aromatic heterocycles. The topological polar surface area (TPSA) is 3.24 Å². The minimum Gasteiger partial charge on any atom is -0.313 e. The minimum absolute atomic E-state index is 0.366. The maximum absolute atomic E-state index is 2.52. The van der Waals surface area contributed by atoms with Crippen LogP contribution in [0.15, 0.2) is 254 Å². The number of rotatable bonds is 4. The van der Waals surface area contributed by atoms with Crippen LogP contribution in [0.1, 0.15) is 56.8 Å². The fraction of sp³-hybridized carbons (Fsp3) is 0.0909. The van der Waals surface area contributed by atoms with Gasteiger partial charge in [-0.25, -0.2) is 0 Å². The van der Waals surface area contributed by atoms with Crippen LogP contribution in [0.25, 0.3) is 43.8 Å². The van der Waals surface area contributed by atoms with Gasteiger partial charge in [-0.05, 0) is 134 Å². The van der Waals surface area contributed by atoms with E-state index in [-0.39, 0.29) is 5.41 Å². The molecule has 0 spiro atoms. The lowest BCUT2D eigenvalue weighted by molar-refractivity contribution is 0.768. The molecule has 0 saturated carbocycles. The fourth-order valence-electron chi connectivity index (χ4n) is 10.9. The minimum atomic E-state index is -0.385. The van der Waals surface area contributed by atoms with Crippen molar-refractivity contribution in [1.29, 1.82) is 0 Å². The summed E-state index contributed by atoms with van der Waals surface area (Å²) >= 11 is 0. The smallest absolute Gasteiger partial charge is 0.0713 e. The molecule has 0 radical (unpaired) electrons. The summed E-state index contributed by atoms with van der Waals surface area (Å²) in [7, 11) is 0. The van der Waals surface area contributed by atoms with Gasteiger partial charge >= 0.3 is 0 Å². The van der Waals surface area contributed by atoms with E-state index in [1.807, 2.05) is 0 Å². The highest BCUT2D eigenvalue weighted by atomic mass is 15.2. The van der Waals surface area contributed by atoms with Crippen molar-refractivity contribution in [3.05, 3.63) is 299 Å². The van der Waals surface area contributed by atoms with Crippen molar-refractivity contribution in [1.82, 2.24) is 0 Å². The van der Waals surface area contributed by atoms with Gasteiger partial charge in [0.1, 0.15) is 0 Å². The van der Waals surface area contributed by atoms with Crippen LogP contribution < -0.4 is 4.90 Å². The van der Waals surface area contributed by atoms with E-state index in [9.17, 15) is 0 Å². The number of hydrogen-bond donors (Lipinski definition) is 0. The number of fused-ring (bicyclic) bond motifs is 8. The number of allylic oxidation sites excluding steroid dienone is 4. The molecule has 10 aromatic rings. The first-order valence-corrected chi connectivity index (χ1v) is 23.6. The summed E-state index contributed by atoms with van der Waals surface area (Å²) in [6.45, 7) is 6.45. The van der Waals surface area contributed by atoms with E-state index >= 15 is 0 Å². The zero-order chi connectivity index (χ0) is 45.3. The highest BCUT2D eigenvalue weighted by Gasteiger charge is 2.46. The molecular weight excluding hydrogens is 807 g/mol. The van der Waals surface area contributed by atoms with Crippen molar-refractivity contribution in [2.45, 2.75) is 38.5 Å². The number of aryl methyl sites for hydroxylation is 3. The van der Waals surface area contributed by atoms with E-state index in [0.717, 1.165) is 6.42 Å². The van der Waals surface area contributed by atoms with Crippen LogP contribution in [0.3, 0.4) is 0 Å². The van der Waals surface area contributed by atoms with E-state index in [1.165, 1.54) is 105 Å². The molecule has 322 valence electrons. The Hall–Kier alpha value is -8.00. The van der Waals surface area contributed by atoms with Crippen molar-refractivity contribution >= 4 is 32.9 Å². The first-order chi connectivity index (χ1) is 33.0. The van der Waals surface area contributed by atoms with Gasteiger partial charge in [-0.2, -0.15) is 0 Å². The summed E-state index contributed by atoms with van der Waals surface area (Å²) in [6.07, 6.45) is 7.88. The summed E-state index contributed by atoms with van der Waals surface area (Å²) in [6, 6.07) is 83.9. The molecule has 1 unspecified atom stereocenters. The number of anilines is 2. The summed E-state index contributed by atoms with van der Waals surface area (Å²) in [4.78, 5) is 2.52. The van der Waals surface area contributed by atoms with Gasteiger partial charge in [0.25, 0.3) is 0 Å². The third kappa shape index (κ3) is 7.47. The predicted octanol–water partition coefficient (Wildman–Crippen LogP) is 17.4. The van der Waals surface area contributed by atoms with E-state index in [1.54, 1.807) is 0 Å². The second-order valence-electron chi connectivity index (χ2n) is 18.1. The number of hydrogen-bond acceptors (Lipinski definition) is 1. The lowest BCUT2D eigenvalue weighted by atomic mass is 9.68. The van der Waals surface area contributed by atoms with E-state index in [2.05, 4.69) is 274 Å². The Bertz CT molecular complexity index is 3360. The Labute approximate surface area is 395 Å². The first kappa shape index (κ1) is 41.7. The lowest BCUT2D eigenvalue weighted by Crippen LogP contribution is -2.28. The molecule has 3 aliphatic rings. The zero-order valence-electron chi connectivity index (χ0n) is 38.4. The molecular formula is C66H53N. The van der Waals surface area contributed by atoms with Crippen LogP contribution >= 0.6 is 0 Å². The zero-order valence-corrected chi connectivity index (χ0v) is 38.4. The van der Waals surface area contributed by atoms with E-state index < -0.39 is 0 Å². The summed E-state index contributed by atoms with van der Waals surface area (Å²) < 4.78 is 0. The monoisotopic (exact) mass is 859 g/mol. The van der Waals surface area contributed by atoms with Gasteiger partial charge in [0, 0.05) is 17.3 Å². The van der Waals surface area contributed by atoms with Gasteiger partial charge in [-0.1, -0.05) is 230 Å². The maximum atomic E-state index is 2.52. The third-order valence-corrected chi connectivity index (χ3v) is 14.1. The highest BCUT2D eigenvalue weighted by molar-refractivity contribution is 5.91. The third-order valence-electron chi connectivity index (χ3n) is 14.1. The second kappa shape index (κ2) is 17.8. The Morgan fingerprint density at radius 2 is 1.01 bits per heavy atom. The van der Waals surface area contributed by atoms with Gasteiger partial charge in [-0.15, -0.1) is 0 Å². The fourth-order valence-corrected chi connectivity index (χ4v) is 10.9. The van der Waals surface area contributed by atoms with Gasteiger partial charge in [0.15, 0.2) is 0 Å². The Kier molecular flexibility index (Phi) is 11.1. The largest absolute Gasteiger partial charge is 0.313 e. The average Bonchev–Trinajstić information content (AvgIpc) is 3.88. The molecule has 1 heteroatoms. The van der Waals surface area contributed by atoms with Crippen LogP contribution in [0, 0.1) is 20.8 Å². The van der Waals surface area contributed by atoms with E-state index in [0.29, 0.717) is 5.92 Å². The van der Waals surface area contributed by atoms with Gasteiger partial charge < -0.3 is 4.90 Å². The Morgan fingerprint density at radius 1 is 0.448 bits per heavy atom. The molecule has 1 nitrogen and oxygen atoms in total. The summed E-state index contributed by atoms with van der Waals surface area (Å²) in [5, 5.41) is 5.37. The molecule has 67 heavy (non-hydrogen) atoms. The number of benzene rings is 10. The SMILES string of the molecule is Cc1cccc(-c2ccc3c(c2)N(c2ccc4c(c2)-c2ccccc2C4(c2ccccc2)c2ccccc2)C2=CC=CCC23)c1.Cc1cccc2ccccc12.Cc1cccc2ccccc12.